The van der Waals surface area contributed by atoms with Gasteiger partial charge in [-0.3, -0.25) is 9.36 Å². The Morgan fingerprint density at radius 3 is 2.89 bits per heavy atom. The third-order valence-corrected chi connectivity index (χ3v) is 3.80. The van der Waals surface area contributed by atoms with Gasteiger partial charge in [0.1, 0.15) is 5.82 Å². The number of benzene rings is 1. The average molecular weight is 390 g/mol. The van der Waals surface area contributed by atoms with E-state index < -0.39 is 0 Å². The Morgan fingerprint density at radius 1 is 1.42 bits per heavy atom. The van der Waals surface area contributed by atoms with Crippen molar-refractivity contribution in [2.24, 2.45) is 0 Å². The molecule has 0 fully saturated rings. The van der Waals surface area contributed by atoms with Crippen LogP contribution in [0.4, 0.5) is 5.69 Å². The largest absolute Gasteiger partial charge is 0.382 e. The Bertz CT molecular complexity index is 642. The molecular weight excluding hydrogens is 377 g/mol. The highest BCUT2D eigenvalue weighted by atomic mass is 127. The topological polar surface area (TPSA) is 46.9 Å². The summed E-state index contributed by atoms with van der Waals surface area (Å²) >= 11 is 8.05. The average Bonchev–Trinajstić information content (AvgIpc) is 2.40. The smallest absolute Gasteiger partial charge is 0.266 e. The SMILES string of the molecule is Cc1ncc(I)c(=O)n1CCNc1ccccc1Cl. The van der Waals surface area contributed by atoms with Gasteiger partial charge in [-0.1, -0.05) is 23.7 Å². The predicted molar refractivity (Wildman–Crippen MR) is 85.9 cm³/mol. The zero-order valence-electron chi connectivity index (χ0n) is 10.4. The Labute approximate surface area is 130 Å². The van der Waals surface area contributed by atoms with Crippen molar-refractivity contribution < 1.29 is 0 Å². The van der Waals surface area contributed by atoms with E-state index in [0.717, 1.165) is 5.69 Å². The first-order chi connectivity index (χ1) is 9.09. The number of para-hydroxylation sites is 1. The van der Waals surface area contributed by atoms with Gasteiger partial charge in [-0.2, -0.15) is 0 Å². The van der Waals surface area contributed by atoms with Crippen LogP contribution in [0.3, 0.4) is 0 Å². The van der Waals surface area contributed by atoms with Crippen LogP contribution in [0.5, 0.6) is 0 Å². The van der Waals surface area contributed by atoms with E-state index in [1.807, 2.05) is 53.8 Å². The maximum Gasteiger partial charge on any atom is 0.266 e. The van der Waals surface area contributed by atoms with E-state index in [9.17, 15) is 4.79 Å². The number of halogens is 2. The van der Waals surface area contributed by atoms with Gasteiger partial charge in [0.2, 0.25) is 0 Å². The lowest BCUT2D eigenvalue weighted by Crippen LogP contribution is -2.28. The van der Waals surface area contributed by atoms with Crippen LogP contribution in [0.25, 0.3) is 0 Å². The van der Waals surface area contributed by atoms with Crippen LogP contribution in [0, 0.1) is 10.5 Å². The molecule has 0 unspecified atom stereocenters. The van der Waals surface area contributed by atoms with Crippen molar-refractivity contribution in [2.45, 2.75) is 13.5 Å². The molecule has 1 aromatic carbocycles. The van der Waals surface area contributed by atoms with Gasteiger partial charge < -0.3 is 5.32 Å². The van der Waals surface area contributed by atoms with Crippen LogP contribution in [-0.2, 0) is 6.54 Å². The van der Waals surface area contributed by atoms with E-state index in [1.165, 1.54) is 0 Å². The number of aryl methyl sites for hydroxylation is 1. The molecule has 4 nitrogen and oxygen atoms in total. The summed E-state index contributed by atoms with van der Waals surface area (Å²) < 4.78 is 2.28. The number of hydrogen-bond acceptors (Lipinski definition) is 3. The molecular formula is C13H13ClIN3O. The van der Waals surface area contributed by atoms with Crippen LogP contribution in [0.15, 0.2) is 35.3 Å². The minimum absolute atomic E-state index is 0.00550. The van der Waals surface area contributed by atoms with Gasteiger partial charge in [0, 0.05) is 19.3 Å². The number of nitrogens with one attached hydrogen (secondary N) is 1. The van der Waals surface area contributed by atoms with Crippen molar-refractivity contribution in [3.05, 3.63) is 55.2 Å². The predicted octanol–water partition coefficient (Wildman–Crippen LogP) is 2.92. The molecule has 0 aliphatic rings. The Hall–Kier alpha value is -1.08. The molecule has 1 N–H and O–H groups in total. The highest BCUT2D eigenvalue weighted by molar-refractivity contribution is 14.1. The van der Waals surface area contributed by atoms with Crippen LogP contribution in [-0.4, -0.2) is 16.1 Å². The number of hydrogen-bond donors (Lipinski definition) is 1. The van der Waals surface area contributed by atoms with Crippen molar-refractivity contribution >= 4 is 39.9 Å². The first-order valence-corrected chi connectivity index (χ1v) is 7.25. The van der Waals surface area contributed by atoms with Crippen LogP contribution in [0.2, 0.25) is 5.02 Å². The first-order valence-electron chi connectivity index (χ1n) is 5.80. The van der Waals surface area contributed by atoms with E-state index in [-0.39, 0.29) is 5.56 Å². The molecule has 0 spiro atoms. The van der Waals surface area contributed by atoms with Gasteiger partial charge in [-0.05, 0) is 41.6 Å². The van der Waals surface area contributed by atoms with Crippen LogP contribution < -0.4 is 10.9 Å². The summed E-state index contributed by atoms with van der Waals surface area (Å²) in [6, 6.07) is 7.53. The molecule has 6 heteroatoms. The molecule has 0 atom stereocenters. The van der Waals surface area contributed by atoms with Gasteiger partial charge in [-0.15, -0.1) is 0 Å². The summed E-state index contributed by atoms with van der Waals surface area (Å²) in [7, 11) is 0. The second-order valence-electron chi connectivity index (χ2n) is 4.02. The molecule has 2 rings (SSSR count). The zero-order chi connectivity index (χ0) is 13.8. The Kier molecular flexibility index (Phi) is 4.81. The molecule has 100 valence electrons. The summed E-state index contributed by atoms with van der Waals surface area (Å²) in [5.74, 6) is 0.714. The van der Waals surface area contributed by atoms with Gasteiger partial charge >= 0.3 is 0 Å². The fourth-order valence-electron chi connectivity index (χ4n) is 1.72. The van der Waals surface area contributed by atoms with Crippen LogP contribution >= 0.6 is 34.2 Å². The molecule has 0 radical (unpaired) electrons. The van der Waals surface area contributed by atoms with Gasteiger partial charge in [0.25, 0.3) is 5.56 Å². The van der Waals surface area contributed by atoms with Crippen LogP contribution in [0.1, 0.15) is 5.82 Å². The Morgan fingerprint density at radius 2 is 2.16 bits per heavy atom. The maximum absolute atomic E-state index is 12.0. The van der Waals surface area contributed by atoms with Gasteiger partial charge in [-0.25, -0.2) is 4.98 Å². The lowest BCUT2D eigenvalue weighted by molar-refractivity contribution is 0.648. The lowest BCUT2D eigenvalue weighted by Gasteiger charge is -2.11. The summed E-state index contributed by atoms with van der Waals surface area (Å²) in [6.45, 7) is 3.00. The summed E-state index contributed by atoms with van der Waals surface area (Å²) in [5, 5.41) is 3.89. The molecule has 2 aromatic rings. The zero-order valence-corrected chi connectivity index (χ0v) is 13.3. The fraction of sp³-hybridized carbons (Fsp3) is 0.231. The van der Waals surface area contributed by atoms with E-state index in [4.69, 9.17) is 11.6 Å². The number of nitrogens with zero attached hydrogens (tertiary/aromatic N) is 2. The normalized spacial score (nSPS) is 10.5. The lowest BCUT2D eigenvalue weighted by atomic mass is 10.3. The molecule has 1 heterocycles. The second-order valence-corrected chi connectivity index (χ2v) is 5.59. The van der Waals surface area contributed by atoms with Gasteiger partial charge in [0.05, 0.1) is 14.3 Å². The fourth-order valence-corrected chi connectivity index (χ4v) is 2.35. The molecule has 19 heavy (non-hydrogen) atoms. The first kappa shape index (κ1) is 14.3. The minimum atomic E-state index is -0.00550. The van der Waals surface area contributed by atoms with E-state index in [1.54, 1.807) is 10.8 Å². The summed E-state index contributed by atoms with van der Waals surface area (Å²) in [6.07, 6.45) is 1.59. The number of aromatic nitrogens is 2. The van der Waals surface area contributed by atoms with Crippen molar-refractivity contribution in [2.75, 3.05) is 11.9 Å². The third kappa shape index (κ3) is 3.48. The molecule has 0 saturated heterocycles. The number of rotatable bonds is 4. The van der Waals surface area contributed by atoms with Crippen molar-refractivity contribution in [1.29, 1.82) is 0 Å². The molecule has 0 saturated carbocycles. The highest BCUT2D eigenvalue weighted by Crippen LogP contribution is 2.19. The molecule has 1 aromatic heterocycles. The quantitative estimate of drug-likeness (QED) is 0.818. The Balaban J connectivity index is 2.07. The summed E-state index contributed by atoms with van der Waals surface area (Å²) in [5.41, 5.74) is 0.863. The third-order valence-electron chi connectivity index (χ3n) is 2.73. The van der Waals surface area contributed by atoms with E-state index in [2.05, 4.69) is 10.3 Å². The molecule has 0 bridgehead atoms. The highest BCUT2D eigenvalue weighted by Gasteiger charge is 2.05. The molecule has 0 aliphatic heterocycles. The second kappa shape index (κ2) is 6.38. The monoisotopic (exact) mass is 389 g/mol. The van der Waals surface area contributed by atoms with Crippen molar-refractivity contribution in [3.63, 3.8) is 0 Å². The number of anilines is 1. The van der Waals surface area contributed by atoms with Crippen molar-refractivity contribution in [1.82, 2.24) is 9.55 Å². The maximum atomic E-state index is 12.0. The van der Waals surface area contributed by atoms with E-state index >= 15 is 0 Å². The van der Waals surface area contributed by atoms with E-state index in [0.29, 0.717) is 27.5 Å². The summed E-state index contributed by atoms with van der Waals surface area (Å²) in [4.78, 5) is 16.1. The van der Waals surface area contributed by atoms with Crippen molar-refractivity contribution in [3.8, 4) is 0 Å². The molecule has 0 aliphatic carbocycles. The molecule has 0 amide bonds. The minimum Gasteiger partial charge on any atom is -0.382 e. The standard InChI is InChI=1S/C13H13ClIN3O/c1-9-17-8-11(15)13(19)18(9)7-6-16-12-5-3-2-4-10(12)14/h2-5,8,16H,6-7H2,1H3. The van der Waals surface area contributed by atoms with Gasteiger partial charge in [0.15, 0.2) is 0 Å².